The SMILES string of the molecule is CON(C)C(=O)[C@@H]1CC=CCCOc2cccc(c2)-c2ncccc2C(=O)N1. The highest BCUT2D eigenvalue weighted by Crippen LogP contribution is 2.25. The van der Waals surface area contributed by atoms with Crippen LogP contribution >= 0.6 is 0 Å². The molecule has 1 atom stereocenters. The third-order valence-electron chi connectivity index (χ3n) is 4.44. The number of nitrogens with one attached hydrogen (secondary N) is 1. The first kappa shape index (κ1) is 19.6. The van der Waals surface area contributed by atoms with Gasteiger partial charge in [-0.05, 0) is 37.1 Å². The molecule has 0 unspecified atom stereocenters. The van der Waals surface area contributed by atoms with Crippen LogP contribution in [0.5, 0.6) is 5.75 Å². The van der Waals surface area contributed by atoms with Gasteiger partial charge in [-0.2, -0.15) is 0 Å². The van der Waals surface area contributed by atoms with Gasteiger partial charge in [-0.15, -0.1) is 0 Å². The largest absolute Gasteiger partial charge is 0.493 e. The highest BCUT2D eigenvalue weighted by atomic mass is 16.7. The Hall–Kier alpha value is -3.19. The quantitative estimate of drug-likeness (QED) is 0.639. The van der Waals surface area contributed by atoms with Gasteiger partial charge < -0.3 is 10.1 Å². The number of carbonyl (C=O) groups excluding carboxylic acids is 2. The zero-order chi connectivity index (χ0) is 19.9. The van der Waals surface area contributed by atoms with E-state index in [2.05, 4.69) is 10.3 Å². The third kappa shape index (κ3) is 4.55. The fraction of sp³-hybridized carbons (Fsp3) is 0.286. The number of nitrogens with zero attached hydrogens (tertiary/aromatic N) is 2. The maximum Gasteiger partial charge on any atom is 0.268 e. The molecule has 2 aromatic rings. The van der Waals surface area contributed by atoms with Crippen molar-refractivity contribution in [2.45, 2.75) is 18.9 Å². The molecule has 1 N–H and O–H groups in total. The molecule has 1 aliphatic heterocycles. The van der Waals surface area contributed by atoms with Crippen LogP contribution in [0.3, 0.4) is 0 Å². The number of pyridine rings is 1. The highest BCUT2D eigenvalue weighted by Gasteiger charge is 2.25. The molecule has 1 aliphatic rings. The normalized spacial score (nSPS) is 16.9. The minimum absolute atomic E-state index is 0.337. The molecular weight excluding hydrogens is 358 g/mol. The average molecular weight is 381 g/mol. The molecule has 0 saturated heterocycles. The second-order valence-electron chi connectivity index (χ2n) is 6.32. The van der Waals surface area contributed by atoms with Gasteiger partial charge in [-0.25, -0.2) is 5.06 Å². The molecule has 1 aromatic carbocycles. The third-order valence-corrected chi connectivity index (χ3v) is 4.44. The van der Waals surface area contributed by atoms with Crippen molar-refractivity contribution in [2.75, 3.05) is 20.8 Å². The average Bonchev–Trinajstić information content (AvgIpc) is 2.73. The number of aromatic nitrogens is 1. The molecule has 0 fully saturated rings. The molecule has 0 radical (unpaired) electrons. The lowest BCUT2D eigenvalue weighted by Crippen LogP contribution is -2.47. The second-order valence-corrected chi connectivity index (χ2v) is 6.32. The second kappa shape index (κ2) is 9.14. The number of amides is 2. The first-order chi connectivity index (χ1) is 13.6. The van der Waals surface area contributed by atoms with Gasteiger partial charge in [-0.3, -0.25) is 19.4 Å². The summed E-state index contributed by atoms with van der Waals surface area (Å²) in [6.07, 6.45) is 6.46. The van der Waals surface area contributed by atoms with Gasteiger partial charge in [-0.1, -0.05) is 24.3 Å². The minimum Gasteiger partial charge on any atom is -0.493 e. The summed E-state index contributed by atoms with van der Waals surface area (Å²) < 4.78 is 5.79. The first-order valence-corrected chi connectivity index (χ1v) is 9.06. The number of likely N-dealkylation sites (N-methyl/N-ethyl adjacent to an activating group) is 1. The van der Waals surface area contributed by atoms with Crippen LogP contribution < -0.4 is 10.1 Å². The Labute approximate surface area is 163 Å². The van der Waals surface area contributed by atoms with Crippen LogP contribution in [-0.4, -0.2) is 48.7 Å². The van der Waals surface area contributed by atoms with E-state index in [1.807, 2.05) is 36.4 Å². The lowest BCUT2D eigenvalue weighted by molar-refractivity contribution is -0.170. The number of benzene rings is 1. The summed E-state index contributed by atoms with van der Waals surface area (Å²) in [6.45, 7) is 0.512. The van der Waals surface area contributed by atoms with Crippen molar-refractivity contribution < 1.29 is 19.2 Å². The minimum atomic E-state index is -0.753. The molecule has 1 aromatic heterocycles. The van der Waals surface area contributed by atoms with Crippen LogP contribution in [0, 0.1) is 0 Å². The monoisotopic (exact) mass is 381 g/mol. The topological polar surface area (TPSA) is 80.8 Å². The van der Waals surface area contributed by atoms with Crippen LogP contribution in [0.1, 0.15) is 23.2 Å². The van der Waals surface area contributed by atoms with Gasteiger partial charge in [0.25, 0.3) is 11.8 Å². The van der Waals surface area contributed by atoms with Crippen molar-refractivity contribution in [1.82, 2.24) is 15.4 Å². The summed E-state index contributed by atoms with van der Waals surface area (Å²) in [5.74, 6) is 0.00811. The summed E-state index contributed by atoms with van der Waals surface area (Å²) in [4.78, 5) is 34.9. The molecule has 0 saturated carbocycles. The highest BCUT2D eigenvalue weighted by molar-refractivity contribution is 6.02. The molecule has 2 bridgehead atoms. The zero-order valence-corrected chi connectivity index (χ0v) is 15.9. The van der Waals surface area contributed by atoms with Gasteiger partial charge in [0.05, 0.1) is 25.0 Å². The molecule has 7 nitrogen and oxygen atoms in total. The fourth-order valence-corrected chi connectivity index (χ4v) is 2.91. The molecule has 3 rings (SSSR count). The Morgan fingerprint density at radius 3 is 2.96 bits per heavy atom. The molecule has 7 heteroatoms. The van der Waals surface area contributed by atoms with E-state index in [0.29, 0.717) is 30.7 Å². The van der Waals surface area contributed by atoms with Crippen LogP contribution in [-0.2, 0) is 9.63 Å². The van der Waals surface area contributed by atoms with E-state index in [0.717, 1.165) is 16.4 Å². The number of rotatable bonds is 2. The van der Waals surface area contributed by atoms with Crippen molar-refractivity contribution in [1.29, 1.82) is 0 Å². The van der Waals surface area contributed by atoms with Crippen molar-refractivity contribution >= 4 is 11.8 Å². The molecule has 146 valence electrons. The smallest absolute Gasteiger partial charge is 0.268 e. The van der Waals surface area contributed by atoms with Crippen LogP contribution in [0.25, 0.3) is 11.3 Å². The van der Waals surface area contributed by atoms with Gasteiger partial charge in [0, 0.05) is 18.8 Å². The van der Waals surface area contributed by atoms with Gasteiger partial charge >= 0.3 is 0 Å². The Morgan fingerprint density at radius 2 is 2.14 bits per heavy atom. The summed E-state index contributed by atoms with van der Waals surface area (Å²) in [5.41, 5.74) is 1.69. The lowest BCUT2D eigenvalue weighted by atomic mass is 10.0. The lowest BCUT2D eigenvalue weighted by Gasteiger charge is -2.22. The van der Waals surface area contributed by atoms with Gasteiger partial charge in [0.2, 0.25) is 0 Å². The molecule has 0 aliphatic carbocycles. The van der Waals surface area contributed by atoms with Crippen molar-refractivity contribution in [3.63, 3.8) is 0 Å². The number of hydrogen-bond acceptors (Lipinski definition) is 5. The Kier molecular flexibility index (Phi) is 6.39. The zero-order valence-electron chi connectivity index (χ0n) is 15.9. The molecule has 0 spiro atoms. The predicted molar refractivity (Wildman–Crippen MR) is 105 cm³/mol. The summed E-state index contributed by atoms with van der Waals surface area (Å²) in [5, 5.41) is 3.93. The number of hydroxylamine groups is 2. The van der Waals surface area contributed by atoms with E-state index >= 15 is 0 Å². The van der Waals surface area contributed by atoms with Crippen LogP contribution in [0.2, 0.25) is 0 Å². The summed E-state index contributed by atoms with van der Waals surface area (Å²) in [6, 6.07) is 10.1. The van der Waals surface area contributed by atoms with E-state index in [1.165, 1.54) is 14.2 Å². The number of carbonyl (C=O) groups is 2. The van der Waals surface area contributed by atoms with Gasteiger partial charge in [0.15, 0.2) is 0 Å². The summed E-state index contributed by atoms with van der Waals surface area (Å²) >= 11 is 0. The van der Waals surface area contributed by atoms with Crippen LogP contribution in [0.15, 0.2) is 54.7 Å². The van der Waals surface area contributed by atoms with E-state index in [9.17, 15) is 9.59 Å². The fourth-order valence-electron chi connectivity index (χ4n) is 2.91. The Balaban J connectivity index is 2.00. The van der Waals surface area contributed by atoms with Crippen molar-refractivity contribution in [2.24, 2.45) is 0 Å². The first-order valence-electron chi connectivity index (χ1n) is 9.06. The molecule has 2 heterocycles. The Morgan fingerprint density at radius 1 is 1.29 bits per heavy atom. The predicted octanol–water partition coefficient (Wildman–Crippen LogP) is 2.60. The van der Waals surface area contributed by atoms with Crippen molar-refractivity contribution in [3.05, 3.63) is 60.3 Å². The van der Waals surface area contributed by atoms with Crippen molar-refractivity contribution in [3.8, 4) is 17.0 Å². The van der Waals surface area contributed by atoms with E-state index in [-0.39, 0.29) is 11.8 Å². The molecule has 28 heavy (non-hydrogen) atoms. The van der Waals surface area contributed by atoms with Crippen LogP contribution in [0.4, 0.5) is 0 Å². The number of ether oxygens (including phenoxy) is 1. The maximum absolute atomic E-state index is 13.0. The van der Waals surface area contributed by atoms with E-state index in [1.54, 1.807) is 18.3 Å². The Bertz CT molecular complexity index is 881. The summed E-state index contributed by atoms with van der Waals surface area (Å²) in [7, 11) is 2.92. The standard InChI is InChI=1S/C21H23N3O4/c1-24(27-2)21(26)18-11-4-3-5-13-28-16-9-6-8-15(14-16)19-17(20(25)23-18)10-7-12-22-19/h3-4,6-10,12,14,18H,5,11,13H2,1-2H3,(H,23,25)/t18-/m0/s1. The number of fused-ring (bicyclic) bond motifs is 4. The van der Waals surface area contributed by atoms with Gasteiger partial charge in [0.1, 0.15) is 11.8 Å². The molecule has 2 amide bonds. The molecular formula is C21H23N3O4. The number of hydrogen-bond donors (Lipinski definition) is 1. The maximum atomic E-state index is 13.0. The van der Waals surface area contributed by atoms with E-state index in [4.69, 9.17) is 9.57 Å². The van der Waals surface area contributed by atoms with E-state index < -0.39 is 6.04 Å².